The molecule has 1 amide bonds. The van der Waals surface area contributed by atoms with Crippen LogP contribution in [0, 0.1) is 0 Å². The van der Waals surface area contributed by atoms with Gasteiger partial charge in [0.2, 0.25) is 0 Å². The van der Waals surface area contributed by atoms with Crippen LogP contribution in [0.5, 0.6) is 0 Å². The van der Waals surface area contributed by atoms with Crippen molar-refractivity contribution in [2.45, 2.75) is 92.0 Å². The number of hydrogen-bond acceptors (Lipinski definition) is 4. The molecule has 0 spiro atoms. The Morgan fingerprint density at radius 1 is 0.943 bits per heavy atom. The van der Waals surface area contributed by atoms with Crippen LogP contribution in [0.2, 0.25) is 13.3 Å². The van der Waals surface area contributed by atoms with Crippen molar-refractivity contribution in [3.05, 3.63) is 51.5 Å². The van der Waals surface area contributed by atoms with E-state index in [-0.39, 0.29) is 11.7 Å². The summed E-state index contributed by atoms with van der Waals surface area (Å²) in [6, 6.07) is 9.23. The number of nitrogens with zero attached hydrogens (tertiary/aromatic N) is 2. The van der Waals surface area contributed by atoms with E-state index in [9.17, 15) is 9.59 Å². The number of fused-ring (bicyclic) bond motifs is 1. The van der Waals surface area contributed by atoms with Gasteiger partial charge in [0, 0.05) is 0 Å². The second kappa shape index (κ2) is 13.6. The Kier molecular flexibility index (Phi) is 10.8. The van der Waals surface area contributed by atoms with Crippen LogP contribution in [0.1, 0.15) is 76.2 Å². The van der Waals surface area contributed by atoms with E-state index in [0.29, 0.717) is 43.8 Å². The van der Waals surface area contributed by atoms with Crippen molar-refractivity contribution in [2.75, 3.05) is 20.2 Å². The Morgan fingerprint density at radius 2 is 1.51 bits per heavy atom. The van der Waals surface area contributed by atoms with E-state index >= 15 is 0 Å². The van der Waals surface area contributed by atoms with E-state index in [4.69, 9.17) is 9.26 Å². The molecule has 0 fully saturated rings. The van der Waals surface area contributed by atoms with E-state index in [2.05, 4.69) is 45.0 Å². The summed E-state index contributed by atoms with van der Waals surface area (Å²) in [7, 11) is 1.38. The van der Waals surface area contributed by atoms with Crippen LogP contribution in [0.25, 0.3) is 0 Å². The van der Waals surface area contributed by atoms with Crippen molar-refractivity contribution in [3.8, 4) is 0 Å². The van der Waals surface area contributed by atoms with Crippen molar-refractivity contribution >= 4 is 28.0 Å². The summed E-state index contributed by atoms with van der Waals surface area (Å²) in [5, 5.41) is 0. The topological polar surface area (TPSA) is 64.7 Å². The second-order valence-corrected chi connectivity index (χ2v) is 23.3. The summed E-state index contributed by atoms with van der Waals surface area (Å²) in [6.45, 7) is 8.38. The molecule has 3 rings (SSSR count). The average molecular weight is 591 g/mol. The predicted octanol–water partition coefficient (Wildman–Crippen LogP) is 5.71. The monoisotopic (exact) mass is 592 g/mol. The van der Waals surface area contributed by atoms with Gasteiger partial charge in [-0.05, 0) is 0 Å². The molecule has 2 heterocycles. The van der Waals surface area contributed by atoms with Gasteiger partial charge in [-0.2, -0.15) is 0 Å². The Balaban J connectivity index is 1.77. The second-order valence-electron chi connectivity index (χ2n) is 10.1. The minimum absolute atomic E-state index is 0.0712. The molecule has 7 heteroatoms. The van der Waals surface area contributed by atoms with Crippen LogP contribution in [-0.4, -0.2) is 54.3 Å². The van der Waals surface area contributed by atoms with Gasteiger partial charge in [-0.15, -0.1) is 0 Å². The van der Waals surface area contributed by atoms with Crippen molar-refractivity contribution < 1.29 is 14.1 Å². The normalized spacial score (nSPS) is 14.0. The number of benzene rings is 1. The molecule has 0 saturated heterocycles. The third-order valence-electron chi connectivity index (χ3n) is 7.63. The van der Waals surface area contributed by atoms with Crippen LogP contribution in [-0.2, 0) is 24.1 Å². The van der Waals surface area contributed by atoms with Gasteiger partial charge in [0.15, 0.2) is 0 Å². The summed E-state index contributed by atoms with van der Waals surface area (Å²) in [6.07, 6.45) is 8.57. The third kappa shape index (κ3) is 6.95. The minimum atomic E-state index is -2.44. The molecule has 0 aliphatic carbocycles. The SMILES string of the molecule is CCC[CH2][Sn]([CH2]CCC)([CH2]CCC)[c]1ccc(Cn2oc3c(c2=O)CCN(C(=O)OC)CC3)cc1. The van der Waals surface area contributed by atoms with Crippen LogP contribution in [0.4, 0.5) is 4.79 Å². The Bertz CT molecular complexity index is 974. The van der Waals surface area contributed by atoms with E-state index in [1.54, 1.807) is 8.48 Å². The first-order chi connectivity index (χ1) is 17.0. The number of unbranched alkanes of at least 4 members (excludes halogenated alkanes) is 3. The Labute approximate surface area is 214 Å². The van der Waals surface area contributed by atoms with E-state index in [0.717, 1.165) is 5.56 Å². The first-order valence-electron chi connectivity index (χ1n) is 13.6. The molecule has 6 nitrogen and oxygen atoms in total. The summed E-state index contributed by atoms with van der Waals surface area (Å²) >= 11 is -2.44. The van der Waals surface area contributed by atoms with Crippen LogP contribution >= 0.6 is 0 Å². The molecule has 1 aliphatic heterocycles. The molecule has 35 heavy (non-hydrogen) atoms. The van der Waals surface area contributed by atoms with E-state index < -0.39 is 18.4 Å². The molecule has 1 aromatic carbocycles. The van der Waals surface area contributed by atoms with Gasteiger partial charge in [-0.25, -0.2) is 4.79 Å². The first-order valence-corrected chi connectivity index (χ1v) is 21.1. The summed E-state index contributed by atoms with van der Waals surface area (Å²) < 4.78 is 18.3. The molecule has 0 unspecified atom stereocenters. The van der Waals surface area contributed by atoms with Gasteiger partial charge in [-0.1, -0.05) is 0 Å². The quantitative estimate of drug-likeness (QED) is 0.297. The third-order valence-corrected chi connectivity index (χ3v) is 23.3. The zero-order chi connectivity index (χ0) is 25.3. The predicted molar refractivity (Wildman–Crippen MR) is 144 cm³/mol. The average Bonchev–Trinajstić information content (AvgIpc) is 3.04. The molecule has 0 saturated carbocycles. The maximum absolute atomic E-state index is 13.0. The van der Waals surface area contributed by atoms with Gasteiger partial charge in [-0.3, -0.25) is 0 Å². The standard InChI is InChI=1S/C16H17N2O4.3C4H9.Sn/c1-21-16(20)17-9-7-13-14(8-10-17)22-18(15(13)19)11-12-5-3-2-4-6-12;3*1-3-4-2;/h3-6H,7-11H2,1H3;3*1,3-4H2,2H3;. The molecule has 0 bridgehead atoms. The molecule has 2 aromatic rings. The number of hydrogen-bond donors (Lipinski definition) is 0. The molecular formula is C28H44N2O4Sn. The van der Waals surface area contributed by atoms with Crippen molar-refractivity contribution in [1.29, 1.82) is 0 Å². The molecule has 194 valence electrons. The van der Waals surface area contributed by atoms with Crippen LogP contribution in [0.3, 0.4) is 0 Å². The number of aromatic nitrogens is 1. The molecule has 1 aromatic heterocycles. The van der Waals surface area contributed by atoms with Gasteiger partial charge in [0.05, 0.1) is 7.11 Å². The maximum atomic E-state index is 13.0. The fourth-order valence-electron chi connectivity index (χ4n) is 5.44. The number of amides is 1. The van der Waals surface area contributed by atoms with Gasteiger partial charge in [0.25, 0.3) is 0 Å². The van der Waals surface area contributed by atoms with E-state index in [1.807, 2.05) is 0 Å². The number of carbonyl (C=O) groups is 1. The number of methoxy groups -OCH3 is 1. The molecule has 1 aliphatic rings. The molecular weight excluding hydrogens is 547 g/mol. The van der Waals surface area contributed by atoms with Gasteiger partial charge >= 0.3 is 199 Å². The van der Waals surface area contributed by atoms with Gasteiger partial charge < -0.3 is 4.74 Å². The van der Waals surface area contributed by atoms with Crippen LogP contribution < -0.4 is 9.14 Å². The fraction of sp³-hybridized carbons (Fsp3) is 0.643. The summed E-state index contributed by atoms with van der Waals surface area (Å²) in [5.74, 6) is 0.701. The number of ether oxygens (including phenoxy) is 1. The van der Waals surface area contributed by atoms with Gasteiger partial charge in [0.1, 0.15) is 0 Å². The van der Waals surface area contributed by atoms with Crippen molar-refractivity contribution in [1.82, 2.24) is 9.64 Å². The van der Waals surface area contributed by atoms with Crippen LogP contribution in [0.15, 0.2) is 33.6 Å². The number of carbonyl (C=O) groups excluding carboxylic acids is 1. The van der Waals surface area contributed by atoms with Crippen molar-refractivity contribution in [2.24, 2.45) is 0 Å². The molecule has 0 atom stereocenters. The van der Waals surface area contributed by atoms with Crippen molar-refractivity contribution in [3.63, 3.8) is 0 Å². The Morgan fingerprint density at radius 3 is 2.06 bits per heavy atom. The fourth-order valence-corrected chi connectivity index (χ4v) is 21.4. The zero-order valence-corrected chi connectivity index (χ0v) is 25.1. The number of rotatable bonds is 12. The summed E-state index contributed by atoms with van der Waals surface area (Å²) in [5.41, 5.74) is 1.73. The van der Waals surface area contributed by atoms with E-state index in [1.165, 1.54) is 63.7 Å². The Hall–Kier alpha value is -1.70. The summed E-state index contributed by atoms with van der Waals surface area (Å²) in [4.78, 5) is 26.5. The first kappa shape index (κ1) is 27.9. The molecule has 0 radical (unpaired) electrons. The molecule has 0 N–H and O–H groups in total. The zero-order valence-electron chi connectivity index (χ0n) is 22.2.